The molecule has 0 radical (unpaired) electrons. The van der Waals surface area contributed by atoms with Gasteiger partial charge in [-0.15, -0.1) is 21.0 Å². The zero-order chi connectivity index (χ0) is 30.2. The lowest BCUT2D eigenvalue weighted by molar-refractivity contribution is 0.498. The molecule has 8 nitrogen and oxygen atoms in total. The molecule has 0 spiro atoms. The molecule has 0 aromatic heterocycles. The minimum absolute atomic E-state index is 0.369. The molecule has 0 amide bonds. The van der Waals surface area contributed by atoms with Crippen molar-refractivity contribution in [2.24, 2.45) is 0 Å². The van der Waals surface area contributed by atoms with Crippen molar-refractivity contribution in [1.29, 1.82) is 21.0 Å². The van der Waals surface area contributed by atoms with E-state index in [2.05, 4.69) is 77.6 Å². The first-order valence-corrected chi connectivity index (χ1v) is 14.5. The highest BCUT2D eigenvalue weighted by Crippen LogP contribution is 2.44. The minimum atomic E-state index is -0.369. The summed E-state index contributed by atoms with van der Waals surface area (Å²) in [7, 11) is 0. The highest BCUT2D eigenvalue weighted by molar-refractivity contribution is 9.11. The monoisotopic (exact) mass is 800 g/mol. The standard InChI is InChI=1S/C17H10Br4N2O2.C12H6N2O2/c1-17(2,9-3-11(18)15(24-7-22)12(19)4-9)10-5-13(20)16(25-8-23)14(21)6-10;13-7-15-11-3-1-9-2-4-12(16-8-14)6-10(9)5-11/h3-6H,1-2H3;1-6H. The fourth-order valence-electron chi connectivity index (χ4n) is 3.73. The lowest BCUT2D eigenvalue weighted by Crippen LogP contribution is -2.19. The Kier molecular flexibility index (Phi) is 11.0. The molecule has 0 heterocycles. The molecule has 0 atom stereocenters. The van der Waals surface area contributed by atoms with Crippen molar-refractivity contribution in [3.63, 3.8) is 0 Å². The maximum Gasteiger partial charge on any atom is 0.292 e. The van der Waals surface area contributed by atoms with E-state index in [9.17, 15) is 0 Å². The first-order valence-electron chi connectivity index (χ1n) is 11.3. The SMILES string of the molecule is CC(C)(c1cc(Br)c(OC#N)c(Br)c1)c1cc(Br)c(OC#N)c(Br)c1.N#COc1ccc2ccc(OC#N)cc2c1. The molecule has 4 rings (SSSR count). The summed E-state index contributed by atoms with van der Waals surface area (Å²) in [6, 6.07) is 18.2. The number of halogens is 4. The Morgan fingerprint density at radius 3 is 1.17 bits per heavy atom. The van der Waals surface area contributed by atoms with Gasteiger partial charge in [-0.3, -0.25) is 0 Å². The number of nitrogens with zero attached hydrogens (tertiary/aromatic N) is 4. The van der Waals surface area contributed by atoms with Crippen molar-refractivity contribution in [3.05, 3.63) is 89.7 Å². The van der Waals surface area contributed by atoms with Gasteiger partial charge < -0.3 is 18.9 Å². The van der Waals surface area contributed by atoms with E-state index in [0.29, 0.717) is 40.9 Å². The summed E-state index contributed by atoms with van der Waals surface area (Å²) in [6.07, 6.45) is 6.56. The van der Waals surface area contributed by atoms with Crippen LogP contribution in [0.25, 0.3) is 10.8 Å². The second kappa shape index (κ2) is 14.2. The number of benzene rings is 4. The summed E-state index contributed by atoms with van der Waals surface area (Å²) in [5.74, 6) is 1.79. The molecule has 4 aromatic rings. The second-order valence-corrected chi connectivity index (χ2v) is 12.0. The van der Waals surface area contributed by atoms with E-state index in [0.717, 1.165) is 21.9 Å². The topological polar surface area (TPSA) is 132 Å². The number of rotatable bonds is 6. The zero-order valence-electron chi connectivity index (χ0n) is 21.2. The lowest BCUT2D eigenvalue weighted by Gasteiger charge is -2.28. The van der Waals surface area contributed by atoms with E-state index in [1.807, 2.05) is 36.4 Å². The molecule has 12 heteroatoms. The molecule has 0 aliphatic carbocycles. The lowest BCUT2D eigenvalue weighted by atomic mass is 9.78. The van der Waals surface area contributed by atoms with E-state index in [-0.39, 0.29) is 5.41 Å². The normalized spacial score (nSPS) is 10.1. The maximum atomic E-state index is 8.75. The van der Waals surface area contributed by atoms with E-state index in [4.69, 9.17) is 40.0 Å². The van der Waals surface area contributed by atoms with Gasteiger partial charge in [-0.1, -0.05) is 26.0 Å². The Labute approximate surface area is 269 Å². The third-order valence-corrected chi connectivity index (χ3v) is 8.20. The minimum Gasteiger partial charge on any atom is -0.388 e. The smallest absolute Gasteiger partial charge is 0.292 e. The van der Waals surface area contributed by atoms with Crippen LogP contribution >= 0.6 is 63.7 Å². The van der Waals surface area contributed by atoms with Gasteiger partial charge in [0.2, 0.25) is 0 Å². The van der Waals surface area contributed by atoms with Gasteiger partial charge in [0.25, 0.3) is 25.0 Å². The van der Waals surface area contributed by atoms with Crippen molar-refractivity contribution >= 4 is 74.5 Å². The average Bonchev–Trinajstić information content (AvgIpc) is 2.93. The van der Waals surface area contributed by atoms with Crippen molar-refractivity contribution in [1.82, 2.24) is 0 Å². The quantitative estimate of drug-likeness (QED) is 0.176. The number of hydrogen-bond donors (Lipinski definition) is 0. The van der Waals surface area contributed by atoms with Crippen LogP contribution in [0.1, 0.15) is 25.0 Å². The molecule has 4 aromatic carbocycles. The molecular weight excluding hydrogens is 788 g/mol. The summed E-state index contributed by atoms with van der Waals surface area (Å²) in [5, 5.41) is 36.1. The fourth-order valence-corrected chi connectivity index (χ4v) is 6.43. The molecule has 0 aliphatic rings. The third kappa shape index (κ3) is 7.70. The van der Waals surface area contributed by atoms with Crippen LogP contribution in [0.5, 0.6) is 23.0 Å². The largest absolute Gasteiger partial charge is 0.388 e. The molecule has 0 saturated heterocycles. The van der Waals surface area contributed by atoms with Crippen LogP contribution in [0.4, 0.5) is 0 Å². The van der Waals surface area contributed by atoms with Crippen LogP contribution in [0.3, 0.4) is 0 Å². The summed E-state index contributed by atoms with van der Waals surface area (Å²) in [5.41, 5.74) is 1.64. The van der Waals surface area contributed by atoms with Crippen molar-refractivity contribution in [2.45, 2.75) is 19.3 Å². The fraction of sp³-hybridized carbons (Fsp3) is 0.103. The highest BCUT2D eigenvalue weighted by atomic mass is 79.9. The van der Waals surface area contributed by atoms with E-state index in [1.165, 1.54) is 0 Å². The molecule has 204 valence electrons. The van der Waals surface area contributed by atoms with Crippen LogP contribution in [-0.2, 0) is 5.41 Å². The Morgan fingerprint density at radius 1 is 0.512 bits per heavy atom. The van der Waals surface area contributed by atoms with Crippen molar-refractivity contribution in [3.8, 4) is 48.0 Å². The number of hydrogen-bond acceptors (Lipinski definition) is 8. The molecular formula is C29H16Br4N4O4. The molecule has 0 saturated carbocycles. The molecule has 0 unspecified atom stereocenters. The van der Waals surface area contributed by atoms with Gasteiger partial charge in [0, 0.05) is 5.41 Å². The Morgan fingerprint density at radius 2 is 0.854 bits per heavy atom. The molecule has 0 N–H and O–H groups in total. The van der Waals surface area contributed by atoms with Crippen LogP contribution in [0, 0.1) is 46.1 Å². The Hall–Kier alpha value is -3.78. The first-order chi connectivity index (χ1) is 19.5. The van der Waals surface area contributed by atoms with E-state index in [1.54, 1.807) is 49.3 Å². The van der Waals surface area contributed by atoms with Gasteiger partial charge in [0.15, 0.2) is 11.5 Å². The summed E-state index contributed by atoms with van der Waals surface area (Å²) < 4.78 is 22.1. The zero-order valence-corrected chi connectivity index (χ0v) is 27.6. The Balaban J connectivity index is 0.000000248. The maximum absolute atomic E-state index is 8.75. The van der Waals surface area contributed by atoms with E-state index >= 15 is 0 Å². The average molecular weight is 804 g/mol. The highest BCUT2D eigenvalue weighted by Gasteiger charge is 2.27. The van der Waals surface area contributed by atoms with Gasteiger partial charge in [0.05, 0.1) is 17.9 Å². The first kappa shape index (κ1) is 31.7. The molecule has 41 heavy (non-hydrogen) atoms. The van der Waals surface area contributed by atoms with E-state index < -0.39 is 0 Å². The van der Waals surface area contributed by atoms with Gasteiger partial charge in [-0.2, -0.15) is 0 Å². The van der Waals surface area contributed by atoms with Crippen LogP contribution in [0.2, 0.25) is 0 Å². The predicted octanol–water partition coefficient (Wildman–Crippen LogP) is 9.34. The van der Waals surface area contributed by atoms with Gasteiger partial charge in [-0.25, -0.2) is 0 Å². The van der Waals surface area contributed by atoms with Gasteiger partial charge in [-0.05, 0) is 134 Å². The number of ether oxygens (including phenoxy) is 4. The third-order valence-electron chi connectivity index (χ3n) is 5.85. The van der Waals surface area contributed by atoms with Crippen molar-refractivity contribution < 1.29 is 18.9 Å². The van der Waals surface area contributed by atoms with Gasteiger partial charge >= 0.3 is 0 Å². The Bertz CT molecular complexity index is 1610. The number of nitriles is 4. The number of fused-ring (bicyclic) bond motifs is 1. The second-order valence-electron chi connectivity index (χ2n) is 8.61. The molecule has 0 aliphatic heterocycles. The van der Waals surface area contributed by atoms with Gasteiger partial charge in [0.1, 0.15) is 11.5 Å². The summed E-state index contributed by atoms with van der Waals surface area (Å²) in [6.45, 7) is 4.15. The van der Waals surface area contributed by atoms with Crippen LogP contribution < -0.4 is 18.9 Å². The summed E-state index contributed by atoms with van der Waals surface area (Å²) in [4.78, 5) is 0. The van der Waals surface area contributed by atoms with Crippen LogP contribution in [0.15, 0.2) is 78.6 Å². The van der Waals surface area contributed by atoms with Crippen molar-refractivity contribution in [2.75, 3.05) is 0 Å². The van der Waals surface area contributed by atoms with Crippen LogP contribution in [-0.4, -0.2) is 0 Å². The predicted molar refractivity (Wildman–Crippen MR) is 165 cm³/mol. The molecule has 0 bridgehead atoms. The molecule has 0 fully saturated rings. The summed E-state index contributed by atoms with van der Waals surface area (Å²) >= 11 is 13.8.